The monoisotopic (exact) mass is 499 g/mol. The fourth-order valence-electron chi connectivity index (χ4n) is 3.87. The highest BCUT2D eigenvalue weighted by molar-refractivity contribution is 7.89. The Labute approximate surface area is 207 Å². The first kappa shape index (κ1) is 26.4. The summed E-state index contributed by atoms with van der Waals surface area (Å²) in [5.74, 6) is -0.948. The van der Waals surface area contributed by atoms with Gasteiger partial charge in [-0.15, -0.1) is 0 Å². The lowest BCUT2D eigenvalue weighted by atomic mass is 10.2. The Balaban J connectivity index is 1.47. The molecule has 188 valence electrons. The molecular formula is C25H33N5O4S. The molecule has 2 N–H and O–H groups in total. The normalized spacial score (nSPS) is 14.6. The molecule has 2 amide bonds. The van der Waals surface area contributed by atoms with Crippen LogP contribution in [0.2, 0.25) is 0 Å². The van der Waals surface area contributed by atoms with E-state index in [0.717, 1.165) is 43.6 Å². The minimum atomic E-state index is -3.55. The third-order valence-corrected chi connectivity index (χ3v) is 7.82. The second-order valence-electron chi connectivity index (χ2n) is 8.23. The number of anilines is 1. The number of sulfonamides is 1. The smallest absolute Gasteiger partial charge is 0.259 e. The molecule has 0 spiro atoms. The van der Waals surface area contributed by atoms with Crippen molar-refractivity contribution in [2.24, 2.45) is 5.10 Å². The number of rotatable bonds is 10. The molecule has 10 heteroatoms. The Hall–Kier alpha value is -3.24. The highest BCUT2D eigenvalue weighted by Gasteiger charge is 2.25. The van der Waals surface area contributed by atoms with Gasteiger partial charge < -0.3 is 10.2 Å². The first-order valence-corrected chi connectivity index (χ1v) is 13.3. The minimum absolute atomic E-state index is 0.160. The van der Waals surface area contributed by atoms with Crippen LogP contribution in [0.1, 0.15) is 49.0 Å². The van der Waals surface area contributed by atoms with E-state index in [4.69, 9.17) is 0 Å². The number of hydrogen-bond donors (Lipinski definition) is 2. The minimum Gasteiger partial charge on any atom is -0.372 e. The van der Waals surface area contributed by atoms with Crippen LogP contribution in [0.5, 0.6) is 0 Å². The molecule has 0 aliphatic carbocycles. The summed E-state index contributed by atoms with van der Waals surface area (Å²) in [5.41, 5.74) is 4.61. The summed E-state index contributed by atoms with van der Waals surface area (Å²) in [4.78, 5) is 26.8. The second-order valence-corrected chi connectivity index (χ2v) is 10.2. The van der Waals surface area contributed by atoms with E-state index >= 15 is 0 Å². The summed E-state index contributed by atoms with van der Waals surface area (Å²) in [7, 11) is -3.55. The van der Waals surface area contributed by atoms with Gasteiger partial charge in [0.15, 0.2) is 0 Å². The summed E-state index contributed by atoms with van der Waals surface area (Å²) < 4.78 is 26.9. The van der Waals surface area contributed by atoms with Crippen molar-refractivity contribution in [3.8, 4) is 0 Å². The van der Waals surface area contributed by atoms with Crippen molar-refractivity contribution in [2.75, 3.05) is 37.6 Å². The van der Waals surface area contributed by atoms with Gasteiger partial charge in [-0.3, -0.25) is 9.59 Å². The summed E-state index contributed by atoms with van der Waals surface area (Å²) in [6.45, 7) is 6.83. The van der Waals surface area contributed by atoms with Gasteiger partial charge in [-0.25, -0.2) is 13.8 Å². The molecule has 2 aromatic carbocycles. The third-order valence-electron chi connectivity index (χ3n) is 5.90. The third kappa shape index (κ3) is 7.12. The Kier molecular flexibility index (Phi) is 9.39. The van der Waals surface area contributed by atoms with Crippen LogP contribution in [0, 0.1) is 0 Å². The van der Waals surface area contributed by atoms with Crippen molar-refractivity contribution in [3.05, 3.63) is 59.7 Å². The second kappa shape index (κ2) is 12.5. The molecule has 0 saturated carbocycles. The molecule has 0 atom stereocenters. The Morgan fingerprint density at radius 3 is 2.20 bits per heavy atom. The van der Waals surface area contributed by atoms with E-state index in [0.29, 0.717) is 13.1 Å². The average Bonchev–Trinajstić information content (AvgIpc) is 2.89. The number of nitrogens with one attached hydrogen (secondary N) is 2. The van der Waals surface area contributed by atoms with Crippen LogP contribution in [0.15, 0.2) is 58.5 Å². The Morgan fingerprint density at radius 2 is 1.60 bits per heavy atom. The standard InChI is InChI=1S/C25H33N5O4S/c1-3-29(4-2)22-12-8-20(9-13-22)18-27-28-24(31)19-26-25(32)21-10-14-23(15-11-21)35(33,34)30-16-6-5-7-17-30/h8-15,18H,3-7,16-17,19H2,1-2H3,(H,26,32)(H,28,31)/b27-18+. The number of carbonyl (C=O) groups excluding carboxylic acids is 2. The first-order valence-electron chi connectivity index (χ1n) is 11.9. The van der Waals surface area contributed by atoms with Gasteiger partial charge in [0.05, 0.1) is 17.7 Å². The van der Waals surface area contributed by atoms with Crippen LogP contribution in [0.4, 0.5) is 5.69 Å². The van der Waals surface area contributed by atoms with Gasteiger partial charge in [-0.05, 0) is 68.7 Å². The van der Waals surface area contributed by atoms with Gasteiger partial charge >= 0.3 is 0 Å². The molecule has 1 aliphatic heterocycles. The average molecular weight is 500 g/mol. The summed E-state index contributed by atoms with van der Waals surface area (Å²) >= 11 is 0. The SMILES string of the molecule is CCN(CC)c1ccc(/C=N/NC(=O)CNC(=O)c2ccc(S(=O)(=O)N3CCCCC3)cc2)cc1. The summed E-state index contributed by atoms with van der Waals surface area (Å²) in [6, 6.07) is 13.6. The maximum Gasteiger partial charge on any atom is 0.259 e. The highest BCUT2D eigenvalue weighted by atomic mass is 32.2. The molecule has 0 unspecified atom stereocenters. The van der Waals surface area contributed by atoms with Crippen molar-refractivity contribution >= 4 is 33.7 Å². The molecular weight excluding hydrogens is 466 g/mol. The van der Waals surface area contributed by atoms with Crippen molar-refractivity contribution in [2.45, 2.75) is 38.0 Å². The topological polar surface area (TPSA) is 111 Å². The maximum atomic E-state index is 12.7. The van der Waals surface area contributed by atoms with E-state index in [9.17, 15) is 18.0 Å². The Morgan fingerprint density at radius 1 is 0.971 bits per heavy atom. The Bertz CT molecular complexity index is 1120. The van der Waals surface area contributed by atoms with Crippen molar-refractivity contribution < 1.29 is 18.0 Å². The van der Waals surface area contributed by atoms with Crippen LogP contribution in [-0.4, -0.2) is 63.5 Å². The molecule has 9 nitrogen and oxygen atoms in total. The van der Waals surface area contributed by atoms with Gasteiger partial charge in [-0.2, -0.15) is 9.41 Å². The molecule has 1 heterocycles. The maximum absolute atomic E-state index is 12.7. The number of hydrogen-bond acceptors (Lipinski definition) is 6. The molecule has 1 saturated heterocycles. The van der Waals surface area contributed by atoms with Crippen molar-refractivity contribution in [1.82, 2.24) is 15.0 Å². The fraction of sp³-hybridized carbons (Fsp3) is 0.400. The molecule has 0 aromatic heterocycles. The zero-order valence-electron chi connectivity index (χ0n) is 20.2. The number of benzene rings is 2. The highest BCUT2D eigenvalue weighted by Crippen LogP contribution is 2.21. The van der Waals surface area contributed by atoms with Crippen molar-refractivity contribution in [1.29, 1.82) is 0 Å². The number of carbonyl (C=O) groups is 2. The van der Waals surface area contributed by atoms with Crippen molar-refractivity contribution in [3.63, 3.8) is 0 Å². The van der Waals surface area contributed by atoms with Crippen LogP contribution < -0.4 is 15.6 Å². The molecule has 2 aromatic rings. The predicted octanol–water partition coefficient (Wildman–Crippen LogP) is 2.59. The number of hydrazone groups is 1. The van der Waals surface area contributed by atoms with Crippen LogP contribution in [-0.2, 0) is 14.8 Å². The van der Waals surface area contributed by atoms with Gasteiger partial charge in [-0.1, -0.05) is 18.6 Å². The van der Waals surface area contributed by atoms with Gasteiger partial charge in [0.2, 0.25) is 10.0 Å². The molecule has 1 fully saturated rings. The van der Waals surface area contributed by atoms with Gasteiger partial charge in [0.1, 0.15) is 0 Å². The van der Waals surface area contributed by atoms with Crippen LogP contribution in [0.25, 0.3) is 0 Å². The number of amides is 2. The van der Waals surface area contributed by atoms with E-state index < -0.39 is 21.8 Å². The predicted molar refractivity (Wildman–Crippen MR) is 137 cm³/mol. The zero-order chi connectivity index (χ0) is 25.3. The van der Waals surface area contributed by atoms with Crippen LogP contribution in [0.3, 0.4) is 0 Å². The molecule has 0 bridgehead atoms. The first-order chi connectivity index (χ1) is 16.8. The number of nitrogens with zero attached hydrogens (tertiary/aromatic N) is 3. The fourth-order valence-corrected chi connectivity index (χ4v) is 5.39. The molecule has 3 rings (SSSR count). The van der Waals surface area contributed by atoms with E-state index in [2.05, 4.69) is 34.6 Å². The zero-order valence-corrected chi connectivity index (χ0v) is 21.1. The van der Waals surface area contributed by atoms with Gasteiger partial charge in [0, 0.05) is 37.4 Å². The summed E-state index contributed by atoms with van der Waals surface area (Å²) in [5, 5.41) is 6.44. The van der Waals surface area contributed by atoms with E-state index in [1.165, 1.54) is 34.8 Å². The lowest BCUT2D eigenvalue weighted by molar-refractivity contribution is -0.120. The molecule has 0 radical (unpaired) electrons. The molecule has 35 heavy (non-hydrogen) atoms. The van der Waals surface area contributed by atoms with E-state index in [-0.39, 0.29) is 17.0 Å². The summed E-state index contributed by atoms with van der Waals surface area (Å²) in [6.07, 6.45) is 4.28. The van der Waals surface area contributed by atoms with Gasteiger partial charge in [0.25, 0.3) is 11.8 Å². The van der Waals surface area contributed by atoms with Crippen LogP contribution >= 0.6 is 0 Å². The number of piperidine rings is 1. The lowest BCUT2D eigenvalue weighted by Crippen LogP contribution is -2.36. The quantitative estimate of drug-likeness (QED) is 0.386. The van der Waals surface area contributed by atoms with E-state index in [1.54, 1.807) is 0 Å². The lowest BCUT2D eigenvalue weighted by Gasteiger charge is -2.25. The molecule has 1 aliphatic rings. The van der Waals surface area contributed by atoms with E-state index in [1.807, 2.05) is 24.3 Å². The largest absolute Gasteiger partial charge is 0.372 e.